The molecule has 0 aliphatic rings. The number of hydrogen-bond acceptors (Lipinski definition) is 3. The highest BCUT2D eigenvalue weighted by molar-refractivity contribution is 6.30. The fraction of sp³-hybridized carbons (Fsp3) is 0.267. The van der Waals surface area contributed by atoms with Crippen molar-refractivity contribution in [3.8, 4) is 5.69 Å². The van der Waals surface area contributed by atoms with Gasteiger partial charge in [-0.15, -0.1) is 0 Å². The van der Waals surface area contributed by atoms with E-state index in [2.05, 4.69) is 10.4 Å². The summed E-state index contributed by atoms with van der Waals surface area (Å²) in [6, 6.07) is 7.23. The average molecular weight is 322 g/mol. The molecule has 2 N–H and O–H groups in total. The SMILES string of the molecule is Cc1nn(-c2ccc(Cl)cc2)c(C)c1CC(=O)NCC(=O)O. The molecule has 0 unspecified atom stereocenters. The largest absolute Gasteiger partial charge is 0.480 e. The number of hydrogen-bond donors (Lipinski definition) is 2. The molecule has 0 radical (unpaired) electrons. The van der Waals surface area contributed by atoms with Crippen LogP contribution in [0.3, 0.4) is 0 Å². The number of aliphatic carboxylic acids is 1. The lowest BCUT2D eigenvalue weighted by Gasteiger charge is -2.06. The van der Waals surface area contributed by atoms with Gasteiger partial charge < -0.3 is 10.4 Å². The summed E-state index contributed by atoms with van der Waals surface area (Å²) in [4.78, 5) is 22.2. The Morgan fingerprint density at radius 1 is 1.27 bits per heavy atom. The molecule has 0 bridgehead atoms. The molecule has 0 spiro atoms. The molecular formula is C15H16ClN3O3. The third-order valence-electron chi connectivity index (χ3n) is 3.29. The summed E-state index contributed by atoms with van der Waals surface area (Å²) in [6.45, 7) is 3.30. The van der Waals surface area contributed by atoms with Gasteiger partial charge in [0.15, 0.2) is 0 Å². The van der Waals surface area contributed by atoms with Gasteiger partial charge >= 0.3 is 5.97 Å². The third kappa shape index (κ3) is 3.65. The first-order chi connectivity index (χ1) is 10.4. The van der Waals surface area contributed by atoms with Crippen molar-refractivity contribution in [1.82, 2.24) is 15.1 Å². The number of halogens is 1. The first-order valence-corrected chi connectivity index (χ1v) is 7.06. The van der Waals surface area contributed by atoms with Crippen LogP contribution in [0.25, 0.3) is 5.69 Å². The van der Waals surface area contributed by atoms with Crippen molar-refractivity contribution in [3.05, 3.63) is 46.2 Å². The maximum atomic E-state index is 11.8. The van der Waals surface area contributed by atoms with E-state index in [1.165, 1.54) is 0 Å². The lowest BCUT2D eigenvalue weighted by molar-refractivity contribution is -0.137. The Hall–Kier alpha value is -2.34. The van der Waals surface area contributed by atoms with E-state index in [4.69, 9.17) is 16.7 Å². The van der Waals surface area contributed by atoms with Crippen molar-refractivity contribution in [3.63, 3.8) is 0 Å². The first kappa shape index (κ1) is 16.0. The average Bonchev–Trinajstić information content (AvgIpc) is 2.74. The number of nitrogens with zero attached hydrogens (tertiary/aromatic N) is 2. The Morgan fingerprint density at radius 3 is 2.50 bits per heavy atom. The maximum Gasteiger partial charge on any atom is 0.322 e. The minimum Gasteiger partial charge on any atom is -0.480 e. The number of carbonyl (C=O) groups is 2. The van der Waals surface area contributed by atoms with Crippen LogP contribution in [0.15, 0.2) is 24.3 Å². The Bertz CT molecular complexity index is 708. The third-order valence-corrected chi connectivity index (χ3v) is 3.54. The van der Waals surface area contributed by atoms with Crippen molar-refractivity contribution < 1.29 is 14.7 Å². The minimum atomic E-state index is -1.07. The van der Waals surface area contributed by atoms with Gasteiger partial charge in [-0.05, 0) is 38.1 Å². The van der Waals surface area contributed by atoms with Gasteiger partial charge in [-0.3, -0.25) is 9.59 Å². The van der Waals surface area contributed by atoms with E-state index >= 15 is 0 Å². The molecule has 1 heterocycles. The van der Waals surface area contributed by atoms with Crippen LogP contribution in [0.1, 0.15) is 17.0 Å². The van der Waals surface area contributed by atoms with Crippen molar-refractivity contribution >= 4 is 23.5 Å². The van der Waals surface area contributed by atoms with Crippen LogP contribution in [0.2, 0.25) is 5.02 Å². The van der Waals surface area contributed by atoms with Crippen LogP contribution in [0.5, 0.6) is 0 Å². The number of benzene rings is 1. The second-order valence-corrected chi connectivity index (χ2v) is 5.32. The van der Waals surface area contributed by atoms with E-state index in [9.17, 15) is 9.59 Å². The Kier molecular flexibility index (Phi) is 4.82. The highest BCUT2D eigenvalue weighted by Crippen LogP contribution is 2.20. The van der Waals surface area contributed by atoms with Gasteiger partial charge in [0.05, 0.1) is 17.8 Å². The van der Waals surface area contributed by atoms with E-state index in [0.717, 1.165) is 22.6 Å². The summed E-state index contributed by atoms with van der Waals surface area (Å²) >= 11 is 5.87. The van der Waals surface area contributed by atoms with Crippen molar-refractivity contribution in [2.24, 2.45) is 0 Å². The molecule has 1 aromatic carbocycles. The molecule has 22 heavy (non-hydrogen) atoms. The van der Waals surface area contributed by atoms with E-state index in [-0.39, 0.29) is 18.9 Å². The number of aromatic nitrogens is 2. The summed E-state index contributed by atoms with van der Waals surface area (Å²) < 4.78 is 1.74. The van der Waals surface area contributed by atoms with E-state index in [0.29, 0.717) is 5.02 Å². The molecule has 2 aromatic rings. The molecule has 0 aliphatic carbocycles. The van der Waals surface area contributed by atoms with Crippen molar-refractivity contribution in [2.45, 2.75) is 20.3 Å². The van der Waals surface area contributed by atoms with Crippen molar-refractivity contribution in [1.29, 1.82) is 0 Å². The molecule has 1 amide bonds. The molecule has 0 aliphatic heterocycles. The fourth-order valence-corrected chi connectivity index (χ4v) is 2.29. The smallest absolute Gasteiger partial charge is 0.322 e. The molecule has 0 saturated carbocycles. The molecule has 6 nitrogen and oxygen atoms in total. The summed E-state index contributed by atoms with van der Waals surface area (Å²) in [6.07, 6.45) is 0.0958. The molecule has 116 valence electrons. The predicted molar refractivity (Wildman–Crippen MR) is 82.4 cm³/mol. The van der Waals surface area contributed by atoms with Gasteiger partial charge in [-0.2, -0.15) is 5.10 Å². The van der Waals surface area contributed by atoms with E-state index in [1.807, 2.05) is 26.0 Å². The molecular weight excluding hydrogens is 306 g/mol. The normalized spacial score (nSPS) is 10.5. The van der Waals surface area contributed by atoms with E-state index < -0.39 is 5.97 Å². The second kappa shape index (κ2) is 6.62. The van der Waals surface area contributed by atoms with Crippen LogP contribution in [0.4, 0.5) is 0 Å². The lowest BCUT2D eigenvalue weighted by Crippen LogP contribution is -2.30. The van der Waals surface area contributed by atoms with Crippen LogP contribution in [-0.2, 0) is 16.0 Å². The number of rotatable bonds is 5. The van der Waals surface area contributed by atoms with Crippen molar-refractivity contribution in [2.75, 3.05) is 6.54 Å². The predicted octanol–water partition coefficient (Wildman–Crippen LogP) is 1.89. The second-order valence-electron chi connectivity index (χ2n) is 4.88. The highest BCUT2D eigenvalue weighted by atomic mass is 35.5. The molecule has 7 heteroatoms. The van der Waals surface area contributed by atoms with Gasteiger partial charge in [0.25, 0.3) is 0 Å². The summed E-state index contributed by atoms with van der Waals surface area (Å²) in [5.74, 6) is -1.41. The summed E-state index contributed by atoms with van der Waals surface area (Å²) in [7, 11) is 0. The van der Waals surface area contributed by atoms with Crippen LogP contribution in [0, 0.1) is 13.8 Å². The zero-order valence-corrected chi connectivity index (χ0v) is 13.0. The number of aryl methyl sites for hydroxylation is 1. The van der Waals surface area contributed by atoms with Gasteiger partial charge in [-0.1, -0.05) is 11.6 Å². The monoisotopic (exact) mass is 321 g/mol. The number of carboxylic acids is 1. The maximum absolute atomic E-state index is 11.8. The molecule has 1 aromatic heterocycles. The van der Waals surface area contributed by atoms with Crippen LogP contribution < -0.4 is 5.32 Å². The van der Waals surface area contributed by atoms with Gasteiger partial charge in [0.1, 0.15) is 6.54 Å². The van der Waals surface area contributed by atoms with Gasteiger partial charge in [0, 0.05) is 16.3 Å². The number of amides is 1. The summed E-state index contributed by atoms with van der Waals surface area (Å²) in [5.41, 5.74) is 3.21. The van der Waals surface area contributed by atoms with Gasteiger partial charge in [-0.25, -0.2) is 4.68 Å². The number of nitrogens with one attached hydrogen (secondary N) is 1. The highest BCUT2D eigenvalue weighted by Gasteiger charge is 2.16. The topological polar surface area (TPSA) is 84.2 Å². The fourth-order valence-electron chi connectivity index (χ4n) is 2.16. The molecule has 0 atom stereocenters. The lowest BCUT2D eigenvalue weighted by atomic mass is 10.1. The molecule has 0 saturated heterocycles. The first-order valence-electron chi connectivity index (χ1n) is 6.68. The standard InChI is InChI=1S/C15H16ClN3O3/c1-9-13(7-14(20)17-8-15(21)22)10(2)19(18-9)12-5-3-11(16)4-6-12/h3-6H,7-8H2,1-2H3,(H,17,20)(H,21,22). The van der Waals surface area contributed by atoms with E-state index in [1.54, 1.807) is 16.8 Å². The molecule has 0 fully saturated rings. The van der Waals surface area contributed by atoms with Gasteiger partial charge in [0.2, 0.25) is 5.91 Å². The Labute approximate surface area is 132 Å². The number of carboxylic acid groups (broad SMARTS) is 1. The quantitative estimate of drug-likeness (QED) is 0.880. The minimum absolute atomic E-state index is 0.0958. The van der Waals surface area contributed by atoms with Crippen LogP contribution in [-0.4, -0.2) is 33.3 Å². The van der Waals surface area contributed by atoms with Crippen LogP contribution >= 0.6 is 11.6 Å². The summed E-state index contributed by atoms with van der Waals surface area (Å²) in [5, 5.41) is 16.0. The Balaban J connectivity index is 2.22. The zero-order valence-electron chi connectivity index (χ0n) is 12.3. The molecule has 2 rings (SSSR count). The Morgan fingerprint density at radius 2 is 1.91 bits per heavy atom. The zero-order chi connectivity index (χ0) is 16.3. The number of carbonyl (C=O) groups excluding carboxylic acids is 1.